The molecule has 6 nitrogen and oxygen atoms in total. The molecule has 27 heavy (non-hydrogen) atoms. The molecule has 2 aromatic rings. The van der Waals surface area contributed by atoms with Crippen molar-refractivity contribution in [2.24, 2.45) is 0 Å². The quantitative estimate of drug-likeness (QED) is 0.634. The number of anilines is 1. The number of amides is 2. The van der Waals surface area contributed by atoms with Gasteiger partial charge in [-0.05, 0) is 35.6 Å². The Bertz CT molecular complexity index is 773. The predicted molar refractivity (Wildman–Crippen MR) is 104 cm³/mol. The minimum Gasteiger partial charge on any atom is -0.480 e. The van der Waals surface area contributed by atoms with Crippen LogP contribution in [-0.2, 0) is 20.8 Å². The number of carboxylic acids is 1. The minimum atomic E-state index is -1.08. The Balaban J connectivity index is 1.77. The van der Waals surface area contributed by atoms with Crippen LogP contribution in [0.1, 0.15) is 36.8 Å². The monoisotopic (exact) mass is 368 g/mol. The fourth-order valence-electron chi connectivity index (χ4n) is 2.65. The second-order valence-corrected chi connectivity index (χ2v) is 6.44. The number of benzene rings is 2. The third-order valence-corrected chi connectivity index (χ3v) is 4.21. The molecule has 6 heteroatoms. The van der Waals surface area contributed by atoms with E-state index in [1.807, 2.05) is 18.2 Å². The van der Waals surface area contributed by atoms with Crippen LogP contribution in [0.25, 0.3) is 0 Å². The highest BCUT2D eigenvalue weighted by molar-refractivity contribution is 5.90. The maximum Gasteiger partial charge on any atom is 0.322 e. The molecule has 0 spiro atoms. The van der Waals surface area contributed by atoms with Crippen LogP contribution in [0.15, 0.2) is 54.6 Å². The fraction of sp³-hybridized carbons (Fsp3) is 0.286. The van der Waals surface area contributed by atoms with Gasteiger partial charge in [-0.2, -0.15) is 0 Å². The van der Waals surface area contributed by atoms with Gasteiger partial charge in [-0.15, -0.1) is 0 Å². The lowest BCUT2D eigenvalue weighted by atomic mass is 9.96. The van der Waals surface area contributed by atoms with Crippen molar-refractivity contribution in [1.29, 1.82) is 0 Å². The highest BCUT2D eigenvalue weighted by atomic mass is 16.4. The summed E-state index contributed by atoms with van der Waals surface area (Å²) in [6.45, 7) is 1.71. The molecule has 0 aromatic heterocycles. The molecular weight excluding hydrogens is 344 g/mol. The standard InChI is InChI=1S/C21H24N2O4/c1-15(17-5-3-2-4-6-17)7-12-19(24)23-18-10-8-16(9-11-18)13-20(25)22-14-21(26)27/h2-6,8-11,15H,7,12-14H2,1H3,(H,22,25)(H,23,24)(H,26,27). The van der Waals surface area contributed by atoms with Gasteiger partial charge in [0.2, 0.25) is 11.8 Å². The molecule has 2 amide bonds. The highest BCUT2D eigenvalue weighted by Gasteiger charge is 2.09. The Labute approximate surface area is 158 Å². The SMILES string of the molecule is CC(CCC(=O)Nc1ccc(CC(=O)NCC(=O)O)cc1)c1ccccc1. The Kier molecular flexibility index (Phi) is 7.55. The minimum absolute atomic E-state index is 0.0512. The van der Waals surface area contributed by atoms with Crippen molar-refractivity contribution in [3.8, 4) is 0 Å². The number of hydrogen-bond acceptors (Lipinski definition) is 3. The molecule has 0 saturated carbocycles. The summed E-state index contributed by atoms with van der Waals surface area (Å²) in [5.41, 5.74) is 2.63. The van der Waals surface area contributed by atoms with Crippen LogP contribution < -0.4 is 10.6 Å². The average Bonchev–Trinajstić information content (AvgIpc) is 2.66. The van der Waals surface area contributed by atoms with Crippen LogP contribution in [0.3, 0.4) is 0 Å². The van der Waals surface area contributed by atoms with E-state index in [0.717, 1.165) is 12.0 Å². The molecule has 0 aliphatic rings. The number of carbonyl (C=O) groups is 3. The van der Waals surface area contributed by atoms with Gasteiger partial charge in [-0.3, -0.25) is 14.4 Å². The normalized spacial score (nSPS) is 11.4. The van der Waals surface area contributed by atoms with Gasteiger partial charge >= 0.3 is 5.97 Å². The second-order valence-electron chi connectivity index (χ2n) is 6.44. The number of aliphatic carboxylic acids is 1. The van der Waals surface area contributed by atoms with Crippen LogP contribution in [0.5, 0.6) is 0 Å². The first-order chi connectivity index (χ1) is 12.9. The summed E-state index contributed by atoms with van der Waals surface area (Å²) in [6.07, 6.45) is 1.28. The number of nitrogens with one attached hydrogen (secondary N) is 2. The summed E-state index contributed by atoms with van der Waals surface area (Å²) >= 11 is 0. The molecule has 1 unspecified atom stereocenters. The average molecular weight is 368 g/mol. The summed E-state index contributed by atoms with van der Waals surface area (Å²) in [5.74, 6) is -1.18. The largest absolute Gasteiger partial charge is 0.480 e. The zero-order chi connectivity index (χ0) is 19.6. The Morgan fingerprint density at radius 1 is 0.963 bits per heavy atom. The molecule has 1 atom stereocenters. The molecule has 0 aliphatic carbocycles. The van der Waals surface area contributed by atoms with E-state index in [-0.39, 0.29) is 18.2 Å². The molecule has 3 N–H and O–H groups in total. The molecule has 0 bridgehead atoms. The van der Waals surface area contributed by atoms with E-state index >= 15 is 0 Å². The van der Waals surface area contributed by atoms with Crippen molar-refractivity contribution < 1.29 is 19.5 Å². The van der Waals surface area contributed by atoms with E-state index in [0.29, 0.717) is 18.0 Å². The summed E-state index contributed by atoms with van der Waals surface area (Å²) < 4.78 is 0. The lowest BCUT2D eigenvalue weighted by Gasteiger charge is -2.12. The maximum absolute atomic E-state index is 12.1. The molecular formula is C21H24N2O4. The van der Waals surface area contributed by atoms with E-state index in [2.05, 4.69) is 29.7 Å². The predicted octanol–water partition coefficient (Wildman–Crippen LogP) is 2.95. The van der Waals surface area contributed by atoms with Gasteiger partial charge in [-0.1, -0.05) is 49.4 Å². The summed E-state index contributed by atoms with van der Waals surface area (Å²) in [6, 6.07) is 17.0. The lowest BCUT2D eigenvalue weighted by Crippen LogP contribution is -2.30. The Morgan fingerprint density at radius 2 is 1.63 bits per heavy atom. The van der Waals surface area contributed by atoms with Gasteiger partial charge in [-0.25, -0.2) is 0 Å². The van der Waals surface area contributed by atoms with Crippen molar-refractivity contribution in [1.82, 2.24) is 5.32 Å². The van der Waals surface area contributed by atoms with Crippen molar-refractivity contribution in [2.45, 2.75) is 32.1 Å². The smallest absolute Gasteiger partial charge is 0.322 e. The van der Waals surface area contributed by atoms with Crippen LogP contribution in [-0.4, -0.2) is 29.4 Å². The van der Waals surface area contributed by atoms with Gasteiger partial charge in [0.25, 0.3) is 0 Å². The Morgan fingerprint density at radius 3 is 2.26 bits per heavy atom. The number of carbonyl (C=O) groups excluding carboxylic acids is 2. The van der Waals surface area contributed by atoms with Crippen molar-refractivity contribution in [2.75, 3.05) is 11.9 Å². The summed E-state index contributed by atoms with van der Waals surface area (Å²) in [5, 5.41) is 13.7. The van der Waals surface area contributed by atoms with E-state index in [1.165, 1.54) is 5.56 Å². The van der Waals surface area contributed by atoms with E-state index in [4.69, 9.17) is 5.11 Å². The molecule has 0 heterocycles. The molecule has 2 aromatic carbocycles. The second kappa shape index (κ2) is 10.1. The Hall–Kier alpha value is -3.15. The maximum atomic E-state index is 12.1. The van der Waals surface area contributed by atoms with Gasteiger partial charge < -0.3 is 15.7 Å². The molecule has 0 aliphatic heterocycles. The van der Waals surface area contributed by atoms with Crippen LogP contribution in [0, 0.1) is 0 Å². The zero-order valence-electron chi connectivity index (χ0n) is 15.3. The summed E-state index contributed by atoms with van der Waals surface area (Å²) in [4.78, 5) is 34.2. The third kappa shape index (κ3) is 7.32. The highest BCUT2D eigenvalue weighted by Crippen LogP contribution is 2.20. The third-order valence-electron chi connectivity index (χ3n) is 4.21. The van der Waals surface area contributed by atoms with Gasteiger partial charge in [0, 0.05) is 12.1 Å². The van der Waals surface area contributed by atoms with Crippen molar-refractivity contribution in [3.63, 3.8) is 0 Å². The van der Waals surface area contributed by atoms with E-state index in [1.54, 1.807) is 24.3 Å². The van der Waals surface area contributed by atoms with Crippen LogP contribution >= 0.6 is 0 Å². The first kappa shape index (κ1) is 20.2. The molecule has 2 rings (SSSR count). The molecule has 0 fully saturated rings. The zero-order valence-corrected chi connectivity index (χ0v) is 15.3. The first-order valence-electron chi connectivity index (χ1n) is 8.86. The van der Waals surface area contributed by atoms with Crippen molar-refractivity contribution >= 4 is 23.5 Å². The number of hydrogen-bond donors (Lipinski definition) is 3. The molecule has 142 valence electrons. The molecule has 0 radical (unpaired) electrons. The van der Waals surface area contributed by atoms with E-state index < -0.39 is 12.5 Å². The molecule has 0 saturated heterocycles. The van der Waals surface area contributed by atoms with Crippen molar-refractivity contribution in [3.05, 3.63) is 65.7 Å². The van der Waals surface area contributed by atoms with Gasteiger partial charge in [0.1, 0.15) is 6.54 Å². The van der Waals surface area contributed by atoms with Crippen LogP contribution in [0.4, 0.5) is 5.69 Å². The number of carboxylic acid groups (broad SMARTS) is 1. The van der Waals surface area contributed by atoms with E-state index in [9.17, 15) is 14.4 Å². The van der Waals surface area contributed by atoms with Gasteiger partial charge in [0.05, 0.1) is 6.42 Å². The summed E-state index contributed by atoms with van der Waals surface area (Å²) in [7, 11) is 0. The first-order valence-corrected chi connectivity index (χ1v) is 8.86. The van der Waals surface area contributed by atoms with Crippen LogP contribution in [0.2, 0.25) is 0 Å². The fourth-order valence-corrected chi connectivity index (χ4v) is 2.65. The topological polar surface area (TPSA) is 95.5 Å². The van der Waals surface area contributed by atoms with Gasteiger partial charge in [0.15, 0.2) is 0 Å². The lowest BCUT2D eigenvalue weighted by molar-refractivity contribution is -0.137. The number of rotatable bonds is 9.